The summed E-state index contributed by atoms with van der Waals surface area (Å²) in [5.74, 6) is 0.125. The van der Waals surface area contributed by atoms with Gasteiger partial charge in [0, 0.05) is 25.4 Å². The molecule has 1 aromatic carbocycles. The van der Waals surface area contributed by atoms with Crippen LogP contribution in [0.2, 0.25) is 15.1 Å². The van der Waals surface area contributed by atoms with Gasteiger partial charge in [0.25, 0.3) is 0 Å². The van der Waals surface area contributed by atoms with E-state index in [0.29, 0.717) is 34.0 Å². The second-order valence-corrected chi connectivity index (χ2v) is 7.97. The number of halogens is 4. The van der Waals surface area contributed by atoms with Gasteiger partial charge in [-0.25, -0.2) is 0 Å². The molecule has 27 heavy (non-hydrogen) atoms. The maximum Gasteiger partial charge on any atom is 0.227 e. The van der Waals surface area contributed by atoms with E-state index < -0.39 is 0 Å². The average molecular weight is 492 g/mol. The third kappa shape index (κ3) is 5.25. The number of aromatic nitrogens is 4. The van der Waals surface area contributed by atoms with Crippen molar-refractivity contribution in [1.29, 1.82) is 0 Å². The molecule has 0 aliphatic heterocycles. The van der Waals surface area contributed by atoms with E-state index in [9.17, 15) is 4.79 Å². The minimum absolute atomic E-state index is 0.194. The Labute approximate surface area is 179 Å². The molecule has 3 aromatic rings. The van der Waals surface area contributed by atoms with E-state index in [4.69, 9.17) is 34.8 Å². The number of rotatable bonds is 6. The van der Waals surface area contributed by atoms with Gasteiger partial charge in [0.05, 0.1) is 26.8 Å². The van der Waals surface area contributed by atoms with Crippen LogP contribution in [0.5, 0.6) is 0 Å². The van der Waals surface area contributed by atoms with Gasteiger partial charge in [-0.3, -0.25) is 14.2 Å². The van der Waals surface area contributed by atoms with E-state index >= 15 is 0 Å². The maximum absolute atomic E-state index is 12.2. The first-order valence-electron chi connectivity index (χ1n) is 7.98. The summed E-state index contributed by atoms with van der Waals surface area (Å²) in [6.07, 6.45) is 3.73. The fourth-order valence-electron chi connectivity index (χ4n) is 2.41. The largest absolute Gasteiger partial charge is 0.308 e. The van der Waals surface area contributed by atoms with E-state index in [1.807, 2.05) is 19.2 Å². The number of nitrogens with one attached hydrogen (secondary N) is 1. The molecule has 0 aliphatic rings. The summed E-state index contributed by atoms with van der Waals surface area (Å²) in [5.41, 5.74) is 1.79. The van der Waals surface area contributed by atoms with Crippen molar-refractivity contribution in [3.8, 4) is 0 Å². The van der Waals surface area contributed by atoms with Gasteiger partial charge in [0.15, 0.2) is 5.82 Å². The molecule has 2 aromatic heterocycles. The molecular formula is C17H15BrCl3N5O. The van der Waals surface area contributed by atoms with Crippen LogP contribution in [-0.4, -0.2) is 25.5 Å². The molecule has 142 valence electrons. The van der Waals surface area contributed by atoms with Crippen LogP contribution in [0.25, 0.3) is 0 Å². The number of benzene rings is 1. The molecule has 6 nitrogen and oxygen atoms in total. The summed E-state index contributed by atoms with van der Waals surface area (Å²) in [6, 6.07) is 5.34. The second-order valence-electron chi connectivity index (χ2n) is 5.90. The monoisotopic (exact) mass is 489 g/mol. The SMILES string of the molecule is Cc1nn(CCC(=O)Nc2nn(Cc3ccc(Cl)c(Cl)c3)cc2Cl)cc1Br. The van der Waals surface area contributed by atoms with Gasteiger partial charge in [-0.05, 0) is 40.5 Å². The Morgan fingerprint density at radius 2 is 1.89 bits per heavy atom. The molecule has 0 fully saturated rings. The number of aryl methyl sites for hydroxylation is 2. The number of carbonyl (C=O) groups excluding carboxylic acids is 1. The summed E-state index contributed by atoms with van der Waals surface area (Å²) in [7, 11) is 0. The van der Waals surface area contributed by atoms with E-state index in [0.717, 1.165) is 15.7 Å². The van der Waals surface area contributed by atoms with Gasteiger partial charge in [0.2, 0.25) is 5.91 Å². The smallest absolute Gasteiger partial charge is 0.227 e. The fraction of sp³-hybridized carbons (Fsp3) is 0.235. The van der Waals surface area contributed by atoms with E-state index in [2.05, 4.69) is 31.4 Å². The van der Waals surface area contributed by atoms with Gasteiger partial charge in [-0.1, -0.05) is 40.9 Å². The standard InChI is InChI=1S/C17H15BrCl3N5O/c1-10-12(18)8-25(23-10)5-4-16(27)22-17-15(21)9-26(24-17)7-11-2-3-13(19)14(20)6-11/h2-3,6,8-9H,4-5,7H2,1H3,(H,22,24,27). The number of anilines is 1. The lowest BCUT2D eigenvalue weighted by molar-refractivity contribution is -0.116. The van der Waals surface area contributed by atoms with Crippen LogP contribution in [0.4, 0.5) is 5.82 Å². The van der Waals surface area contributed by atoms with Crippen LogP contribution in [0.3, 0.4) is 0 Å². The number of nitrogens with zero attached hydrogens (tertiary/aromatic N) is 4. The lowest BCUT2D eigenvalue weighted by atomic mass is 10.2. The van der Waals surface area contributed by atoms with Crippen LogP contribution in [0, 0.1) is 6.92 Å². The van der Waals surface area contributed by atoms with E-state index in [-0.39, 0.29) is 12.3 Å². The molecule has 0 radical (unpaired) electrons. The highest BCUT2D eigenvalue weighted by atomic mass is 79.9. The van der Waals surface area contributed by atoms with Gasteiger partial charge in [-0.15, -0.1) is 0 Å². The maximum atomic E-state index is 12.2. The molecule has 0 spiro atoms. The molecule has 0 atom stereocenters. The Hall–Kier alpha value is -1.54. The minimum Gasteiger partial charge on any atom is -0.308 e. The van der Waals surface area contributed by atoms with E-state index in [1.54, 1.807) is 27.7 Å². The number of carbonyl (C=O) groups is 1. The molecule has 0 saturated heterocycles. The molecule has 0 bridgehead atoms. The zero-order valence-corrected chi connectivity index (χ0v) is 18.1. The zero-order valence-electron chi connectivity index (χ0n) is 14.2. The average Bonchev–Trinajstić information content (AvgIpc) is 3.11. The molecule has 0 unspecified atom stereocenters. The highest BCUT2D eigenvalue weighted by molar-refractivity contribution is 9.10. The van der Waals surface area contributed by atoms with Crippen LogP contribution < -0.4 is 5.32 Å². The van der Waals surface area contributed by atoms with Crippen molar-refractivity contribution < 1.29 is 4.79 Å². The normalized spacial score (nSPS) is 11.0. The third-order valence-corrected chi connectivity index (χ3v) is 5.55. The predicted octanol–water partition coefficient (Wildman–Crippen LogP) is 5.19. The molecule has 1 amide bonds. The number of hydrogen-bond acceptors (Lipinski definition) is 3. The molecule has 0 aliphatic carbocycles. The summed E-state index contributed by atoms with van der Waals surface area (Å²) < 4.78 is 4.25. The number of hydrogen-bond donors (Lipinski definition) is 1. The van der Waals surface area contributed by atoms with Gasteiger partial charge >= 0.3 is 0 Å². The Morgan fingerprint density at radius 1 is 1.11 bits per heavy atom. The minimum atomic E-state index is -0.194. The van der Waals surface area contributed by atoms with E-state index in [1.165, 1.54) is 0 Å². The second kappa shape index (κ2) is 8.65. The van der Waals surface area contributed by atoms with Crippen molar-refractivity contribution in [3.05, 3.63) is 61.4 Å². The molecule has 0 saturated carbocycles. The first-order chi connectivity index (χ1) is 12.8. The summed E-state index contributed by atoms with van der Waals surface area (Å²) in [5, 5.41) is 12.7. The Balaban J connectivity index is 1.60. The lowest BCUT2D eigenvalue weighted by Crippen LogP contribution is -2.15. The van der Waals surface area contributed by atoms with Crippen molar-refractivity contribution in [2.45, 2.75) is 26.4 Å². The first kappa shape index (κ1) is 20.2. The highest BCUT2D eigenvalue weighted by Gasteiger charge is 2.12. The molecule has 3 rings (SSSR count). The molecule has 1 N–H and O–H groups in total. The fourth-order valence-corrected chi connectivity index (χ4v) is 3.24. The van der Waals surface area contributed by atoms with Crippen LogP contribution in [0.15, 0.2) is 35.1 Å². The molecule has 10 heteroatoms. The Bertz CT molecular complexity index is 966. The van der Waals surface area contributed by atoms with Crippen LogP contribution in [0.1, 0.15) is 17.7 Å². The Morgan fingerprint density at radius 3 is 2.56 bits per heavy atom. The topological polar surface area (TPSA) is 64.7 Å². The molecular weight excluding hydrogens is 476 g/mol. The Kier molecular flexibility index (Phi) is 6.47. The van der Waals surface area contributed by atoms with Crippen molar-refractivity contribution >= 4 is 62.5 Å². The predicted molar refractivity (Wildman–Crippen MR) is 111 cm³/mol. The summed E-state index contributed by atoms with van der Waals surface area (Å²) in [6.45, 7) is 2.80. The third-order valence-electron chi connectivity index (χ3n) is 3.76. The van der Waals surface area contributed by atoms with Crippen LogP contribution >= 0.6 is 50.7 Å². The van der Waals surface area contributed by atoms with Crippen LogP contribution in [-0.2, 0) is 17.9 Å². The van der Waals surface area contributed by atoms with Crippen molar-refractivity contribution in [1.82, 2.24) is 19.6 Å². The van der Waals surface area contributed by atoms with Gasteiger partial charge in [-0.2, -0.15) is 10.2 Å². The summed E-state index contributed by atoms with van der Waals surface area (Å²) in [4.78, 5) is 12.2. The van der Waals surface area contributed by atoms with Crippen molar-refractivity contribution in [2.24, 2.45) is 0 Å². The highest BCUT2D eigenvalue weighted by Crippen LogP contribution is 2.24. The summed E-state index contributed by atoms with van der Waals surface area (Å²) >= 11 is 21.5. The van der Waals surface area contributed by atoms with Gasteiger partial charge in [0.1, 0.15) is 5.02 Å². The molecule has 2 heterocycles. The van der Waals surface area contributed by atoms with Gasteiger partial charge < -0.3 is 5.32 Å². The lowest BCUT2D eigenvalue weighted by Gasteiger charge is -2.04. The number of amides is 1. The quantitative estimate of drug-likeness (QED) is 0.516. The first-order valence-corrected chi connectivity index (χ1v) is 9.91. The van der Waals surface area contributed by atoms with Crippen molar-refractivity contribution in [2.75, 3.05) is 5.32 Å². The van der Waals surface area contributed by atoms with Crippen molar-refractivity contribution in [3.63, 3.8) is 0 Å². The zero-order chi connectivity index (χ0) is 19.6.